The maximum absolute atomic E-state index is 12.1. The zero-order chi connectivity index (χ0) is 21.3. The minimum absolute atomic E-state index is 0.0506. The number of benzene rings is 1. The first kappa shape index (κ1) is 20.4. The Balaban J connectivity index is 1.40. The Morgan fingerprint density at radius 3 is 2.93 bits per heavy atom. The van der Waals surface area contributed by atoms with E-state index in [1.165, 1.54) is 17.4 Å². The lowest BCUT2D eigenvalue weighted by atomic mass is 10.1. The molecule has 0 fully saturated rings. The van der Waals surface area contributed by atoms with Crippen LogP contribution in [0.25, 0.3) is 16.5 Å². The first-order valence-electron chi connectivity index (χ1n) is 9.44. The molecular formula is C22H20ClN3O3S. The first-order valence-corrected chi connectivity index (χ1v) is 10.6. The molecule has 1 atom stereocenters. The molecule has 1 amide bonds. The molecule has 1 unspecified atom stereocenters. The molecule has 0 bridgehead atoms. The van der Waals surface area contributed by atoms with Crippen molar-refractivity contribution in [2.45, 2.75) is 19.4 Å². The van der Waals surface area contributed by atoms with Crippen LogP contribution in [0.15, 0.2) is 42.7 Å². The van der Waals surface area contributed by atoms with Gasteiger partial charge in [0.2, 0.25) is 5.91 Å². The van der Waals surface area contributed by atoms with Gasteiger partial charge in [-0.1, -0.05) is 11.6 Å². The van der Waals surface area contributed by atoms with E-state index in [4.69, 9.17) is 16.3 Å². The van der Waals surface area contributed by atoms with Crippen molar-refractivity contribution < 1.29 is 14.3 Å². The molecule has 8 heteroatoms. The van der Waals surface area contributed by atoms with Crippen LogP contribution >= 0.6 is 22.9 Å². The number of hydrogen-bond donors (Lipinski definition) is 1. The summed E-state index contributed by atoms with van der Waals surface area (Å²) in [7, 11) is 1.86. The fourth-order valence-corrected chi connectivity index (χ4v) is 4.46. The van der Waals surface area contributed by atoms with Crippen LogP contribution in [0.2, 0.25) is 5.02 Å². The average molecular weight is 442 g/mol. The van der Waals surface area contributed by atoms with E-state index in [1.807, 2.05) is 42.1 Å². The van der Waals surface area contributed by atoms with Gasteiger partial charge in [-0.05, 0) is 42.8 Å². The molecule has 30 heavy (non-hydrogen) atoms. The van der Waals surface area contributed by atoms with Crippen LogP contribution in [0.4, 0.5) is 0 Å². The fraction of sp³-hybridized carbons (Fsp3) is 0.227. The van der Waals surface area contributed by atoms with Gasteiger partial charge in [-0.3, -0.25) is 9.59 Å². The molecular weight excluding hydrogens is 422 g/mol. The number of ether oxygens (including phenoxy) is 1. The van der Waals surface area contributed by atoms with Crippen LogP contribution in [-0.2, 0) is 18.3 Å². The van der Waals surface area contributed by atoms with Crippen LogP contribution in [0.1, 0.15) is 28.0 Å². The number of Topliss-reactive ketones (excluding diaryl/α,β-unsaturated/α-hetero) is 1. The highest BCUT2D eigenvalue weighted by Crippen LogP contribution is 2.41. The van der Waals surface area contributed by atoms with Gasteiger partial charge < -0.3 is 14.6 Å². The summed E-state index contributed by atoms with van der Waals surface area (Å²) in [5, 5.41) is 3.39. The fourth-order valence-electron chi connectivity index (χ4n) is 3.29. The molecule has 6 nitrogen and oxygen atoms in total. The Hall–Kier alpha value is -2.90. The second-order valence-electron chi connectivity index (χ2n) is 7.09. The van der Waals surface area contributed by atoms with Crippen molar-refractivity contribution in [2.75, 3.05) is 6.54 Å². The number of aryl methyl sites for hydroxylation is 1. The van der Waals surface area contributed by atoms with Gasteiger partial charge in [-0.15, -0.1) is 11.3 Å². The number of aromatic nitrogens is 2. The van der Waals surface area contributed by atoms with Gasteiger partial charge in [-0.2, -0.15) is 0 Å². The normalized spacial score (nSPS) is 15.2. The van der Waals surface area contributed by atoms with E-state index in [2.05, 4.69) is 10.3 Å². The lowest BCUT2D eigenvalue weighted by molar-refractivity contribution is -0.116. The summed E-state index contributed by atoms with van der Waals surface area (Å²) in [6.07, 6.45) is 7.08. The van der Waals surface area contributed by atoms with Gasteiger partial charge in [0.05, 0.1) is 16.4 Å². The Morgan fingerprint density at radius 2 is 2.23 bits per heavy atom. The molecule has 1 aromatic carbocycles. The molecule has 4 rings (SSSR count). The molecule has 3 aromatic rings. The van der Waals surface area contributed by atoms with E-state index < -0.39 is 0 Å². The Morgan fingerprint density at radius 1 is 1.40 bits per heavy atom. The van der Waals surface area contributed by atoms with Crippen molar-refractivity contribution in [1.29, 1.82) is 0 Å². The monoisotopic (exact) mass is 441 g/mol. The minimum Gasteiger partial charge on any atom is -0.486 e. The lowest BCUT2D eigenvalue weighted by Gasteiger charge is -2.11. The highest BCUT2D eigenvalue weighted by molar-refractivity contribution is 7.17. The van der Waals surface area contributed by atoms with Crippen LogP contribution in [-0.4, -0.2) is 33.9 Å². The highest BCUT2D eigenvalue weighted by Gasteiger charge is 2.26. The standard InChI is InChI=1S/C22H20ClN3O3S/c1-13(27)18-3-4-19(30-18)14-9-15-10-16(29-22(15)17(23)11-14)12-25-21(28)6-5-20-24-7-8-26(20)2/h3-9,11,16H,10,12H2,1-2H3,(H,25,28). The van der Waals surface area contributed by atoms with E-state index in [-0.39, 0.29) is 17.8 Å². The number of ketones is 1. The smallest absolute Gasteiger partial charge is 0.244 e. The first-order chi connectivity index (χ1) is 14.4. The van der Waals surface area contributed by atoms with Crippen molar-refractivity contribution in [1.82, 2.24) is 14.9 Å². The predicted molar refractivity (Wildman–Crippen MR) is 118 cm³/mol. The summed E-state index contributed by atoms with van der Waals surface area (Å²) in [5.41, 5.74) is 1.96. The number of fused-ring (bicyclic) bond motifs is 1. The topological polar surface area (TPSA) is 73.2 Å². The van der Waals surface area contributed by atoms with E-state index in [0.717, 1.165) is 20.9 Å². The molecule has 3 heterocycles. The summed E-state index contributed by atoms with van der Waals surface area (Å²) in [5.74, 6) is 1.20. The van der Waals surface area contributed by atoms with Gasteiger partial charge in [0.1, 0.15) is 17.7 Å². The largest absolute Gasteiger partial charge is 0.486 e. The molecule has 0 spiro atoms. The zero-order valence-corrected chi connectivity index (χ0v) is 18.1. The van der Waals surface area contributed by atoms with Crippen molar-refractivity contribution in [3.8, 4) is 16.2 Å². The lowest BCUT2D eigenvalue weighted by Crippen LogP contribution is -2.33. The van der Waals surface area contributed by atoms with E-state index in [0.29, 0.717) is 29.6 Å². The molecule has 154 valence electrons. The number of thiophene rings is 1. The second kappa shape index (κ2) is 8.45. The van der Waals surface area contributed by atoms with E-state index in [1.54, 1.807) is 19.2 Å². The molecule has 1 aliphatic rings. The van der Waals surface area contributed by atoms with Crippen molar-refractivity contribution in [3.05, 3.63) is 64.0 Å². The quantitative estimate of drug-likeness (QED) is 0.461. The SMILES string of the molecule is CC(=O)c1ccc(-c2cc(Cl)c3c(c2)CC(CNC(=O)C=Cc2nccn2C)O3)s1. The van der Waals surface area contributed by atoms with Gasteiger partial charge in [0.15, 0.2) is 5.78 Å². The van der Waals surface area contributed by atoms with Gasteiger partial charge in [0.25, 0.3) is 0 Å². The number of halogens is 1. The number of rotatable bonds is 6. The summed E-state index contributed by atoms with van der Waals surface area (Å²) in [4.78, 5) is 29.5. The van der Waals surface area contributed by atoms with Crippen LogP contribution in [0.3, 0.4) is 0 Å². The summed E-state index contributed by atoms with van der Waals surface area (Å²) < 4.78 is 7.78. The Bertz CT molecular complexity index is 1150. The number of amides is 1. The highest BCUT2D eigenvalue weighted by atomic mass is 35.5. The van der Waals surface area contributed by atoms with Crippen molar-refractivity contribution in [2.24, 2.45) is 7.05 Å². The third-order valence-corrected chi connectivity index (χ3v) is 6.35. The predicted octanol–water partition coefficient (Wildman–Crippen LogP) is 4.14. The third-order valence-electron chi connectivity index (χ3n) is 4.84. The summed E-state index contributed by atoms with van der Waals surface area (Å²) in [6, 6.07) is 7.66. The van der Waals surface area contributed by atoms with Gasteiger partial charge in [0, 0.05) is 42.4 Å². The number of imidazole rings is 1. The Kier molecular flexibility index (Phi) is 5.74. The van der Waals surface area contributed by atoms with Crippen LogP contribution in [0, 0.1) is 0 Å². The number of hydrogen-bond acceptors (Lipinski definition) is 5. The number of carbonyl (C=O) groups excluding carboxylic acids is 2. The number of nitrogens with zero attached hydrogens (tertiary/aromatic N) is 2. The molecule has 1 N–H and O–H groups in total. The van der Waals surface area contributed by atoms with Gasteiger partial charge >= 0.3 is 0 Å². The third kappa shape index (κ3) is 4.32. The average Bonchev–Trinajstić information content (AvgIpc) is 3.44. The zero-order valence-electron chi connectivity index (χ0n) is 16.5. The molecule has 0 saturated heterocycles. The molecule has 0 radical (unpaired) electrons. The van der Waals surface area contributed by atoms with E-state index in [9.17, 15) is 9.59 Å². The molecule has 0 saturated carbocycles. The molecule has 0 aliphatic carbocycles. The van der Waals surface area contributed by atoms with E-state index >= 15 is 0 Å². The molecule has 2 aromatic heterocycles. The van der Waals surface area contributed by atoms with Crippen LogP contribution in [0.5, 0.6) is 5.75 Å². The second-order valence-corrected chi connectivity index (χ2v) is 8.58. The maximum atomic E-state index is 12.1. The molecule has 1 aliphatic heterocycles. The van der Waals surface area contributed by atoms with Crippen molar-refractivity contribution in [3.63, 3.8) is 0 Å². The minimum atomic E-state index is -0.209. The van der Waals surface area contributed by atoms with Gasteiger partial charge in [-0.25, -0.2) is 4.98 Å². The maximum Gasteiger partial charge on any atom is 0.244 e. The number of carbonyl (C=O) groups is 2. The Labute approximate surface area is 183 Å². The summed E-state index contributed by atoms with van der Waals surface area (Å²) >= 11 is 7.90. The number of nitrogens with one attached hydrogen (secondary N) is 1. The summed E-state index contributed by atoms with van der Waals surface area (Å²) in [6.45, 7) is 1.93. The van der Waals surface area contributed by atoms with Crippen LogP contribution < -0.4 is 10.1 Å². The van der Waals surface area contributed by atoms with Crippen molar-refractivity contribution >= 4 is 40.7 Å².